The molecule has 134 valence electrons. The van der Waals surface area contributed by atoms with E-state index in [4.69, 9.17) is 9.84 Å². The molecule has 0 unspecified atom stereocenters. The van der Waals surface area contributed by atoms with E-state index in [-0.39, 0.29) is 11.8 Å². The monoisotopic (exact) mass is 345 g/mol. The Morgan fingerprint density at radius 1 is 1.32 bits per heavy atom. The van der Waals surface area contributed by atoms with Gasteiger partial charge in [-0.05, 0) is 69.9 Å². The maximum absolute atomic E-state index is 13.2. The summed E-state index contributed by atoms with van der Waals surface area (Å²) in [6.07, 6.45) is 3.02. The SMILES string of the molecule is CCOC(=O)C(C)(C)NCc1nn(-c2ccc(F)cc2)c2c1CCC2. The van der Waals surface area contributed by atoms with E-state index < -0.39 is 5.54 Å². The molecule has 0 radical (unpaired) electrons. The minimum absolute atomic E-state index is 0.259. The van der Waals surface area contributed by atoms with E-state index in [0.29, 0.717) is 13.2 Å². The Bertz CT molecular complexity index is 766. The molecule has 0 saturated heterocycles. The van der Waals surface area contributed by atoms with Crippen LogP contribution in [0.4, 0.5) is 4.39 Å². The van der Waals surface area contributed by atoms with Gasteiger partial charge in [-0.25, -0.2) is 9.07 Å². The lowest BCUT2D eigenvalue weighted by atomic mass is 10.1. The molecule has 1 aromatic carbocycles. The second-order valence-corrected chi connectivity index (χ2v) is 6.81. The minimum Gasteiger partial charge on any atom is -0.465 e. The molecule has 0 fully saturated rings. The molecule has 0 amide bonds. The first-order valence-corrected chi connectivity index (χ1v) is 8.70. The van der Waals surface area contributed by atoms with E-state index in [0.717, 1.165) is 30.6 Å². The third kappa shape index (κ3) is 3.58. The number of hydrogen-bond donors (Lipinski definition) is 1. The number of rotatable bonds is 6. The normalized spacial score (nSPS) is 13.8. The van der Waals surface area contributed by atoms with Gasteiger partial charge >= 0.3 is 5.97 Å². The molecular formula is C19H24FN3O2. The lowest BCUT2D eigenvalue weighted by Crippen LogP contribution is -2.47. The molecule has 0 saturated carbocycles. The highest BCUT2D eigenvalue weighted by Gasteiger charge is 2.30. The summed E-state index contributed by atoms with van der Waals surface area (Å²) >= 11 is 0. The molecule has 2 aromatic rings. The molecule has 1 aliphatic carbocycles. The molecule has 6 heteroatoms. The Labute approximate surface area is 147 Å². The van der Waals surface area contributed by atoms with Crippen LogP contribution in [-0.2, 0) is 28.9 Å². The van der Waals surface area contributed by atoms with Gasteiger partial charge < -0.3 is 4.74 Å². The Morgan fingerprint density at radius 3 is 2.72 bits per heavy atom. The molecule has 3 rings (SSSR count). The Morgan fingerprint density at radius 2 is 2.04 bits per heavy atom. The zero-order chi connectivity index (χ0) is 18.0. The van der Waals surface area contributed by atoms with Gasteiger partial charge in [0, 0.05) is 12.2 Å². The van der Waals surface area contributed by atoms with Crippen molar-refractivity contribution in [3.63, 3.8) is 0 Å². The van der Waals surface area contributed by atoms with Crippen LogP contribution in [0.25, 0.3) is 5.69 Å². The number of nitrogens with zero attached hydrogens (tertiary/aromatic N) is 2. The number of ether oxygens (including phenoxy) is 1. The van der Waals surface area contributed by atoms with Gasteiger partial charge in [-0.15, -0.1) is 0 Å². The molecule has 25 heavy (non-hydrogen) atoms. The number of fused-ring (bicyclic) bond motifs is 1. The number of aromatic nitrogens is 2. The van der Waals surface area contributed by atoms with E-state index in [9.17, 15) is 9.18 Å². The van der Waals surface area contributed by atoms with Crippen LogP contribution < -0.4 is 5.32 Å². The van der Waals surface area contributed by atoms with E-state index in [1.54, 1.807) is 19.1 Å². The average Bonchev–Trinajstić information content (AvgIpc) is 3.17. The molecule has 1 aliphatic rings. The first-order chi connectivity index (χ1) is 11.9. The molecule has 0 spiro atoms. The van der Waals surface area contributed by atoms with Gasteiger partial charge in [0.25, 0.3) is 0 Å². The summed E-state index contributed by atoms with van der Waals surface area (Å²) < 4.78 is 20.2. The van der Waals surface area contributed by atoms with Crippen molar-refractivity contribution >= 4 is 5.97 Å². The van der Waals surface area contributed by atoms with Gasteiger partial charge in [-0.2, -0.15) is 5.10 Å². The third-order valence-electron chi connectivity index (χ3n) is 4.57. The molecule has 0 atom stereocenters. The lowest BCUT2D eigenvalue weighted by Gasteiger charge is -2.23. The molecule has 1 heterocycles. The highest BCUT2D eigenvalue weighted by molar-refractivity contribution is 5.79. The zero-order valence-electron chi connectivity index (χ0n) is 14.9. The van der Waals surface area contributed by atoms with E-state index in [1.165, 1.54) is 23.4 Å². The summed E-state index contributed by atoms with van der Waals surface area (Å²) in [5.41, 5.74) is 3.43. The van der Waals surface area contributed by atoms with Crippen molar-refractivity contribution in [1.82, 2.24) is 15.1 Å². The van der Waals surface area contributed by atoms with Gasteiger partial charge in [0.2, 0.25) is 0 Å². The van der Waals surface area contributed by atoms with E-state index in [1.807, 2.05) is 18.5 Å². The van der Waals surface area contributed by atoms with Gasteiger partial charge in [0.1, 0.15) is 11.4 Å². The highest BCUT2D eigenvalue weighted by Crippen LogP contribution is 2.28. The quantitative estimate of drug-likeness (QED) is 0.818. The van der Waals surface area contributed by atoms with Crippen LogP contribution in [0, 0.1) is 5.82 Å². The first-order valence-electron chi connectivity index (χ1n) is 8.70. The highest BCUT2D eigenvalue weighted by atomic mass is 19.1. The predicted octanol–water partition coefficient (Wildman–Crippen LogP) is 2.93. The predicted molar refractivity (Wildman–Crippen MR) is 93.1 cm³/mol. The molecule has 1 N–H and O–H groups in total. The maximum atomic E-state index is 13.2. The van der Waals surface area contributed by atoms with Gasteiger partial charge in [0.05, 0.1) is 18.0 Å². The molecule has 0 aliphatic heterocycles. The summed E-state index contributed by atoms with van der Waals surface area (Å²) in [7, 11) is 0. The Balaban J connectivity index is 1.82. The van der Waals surface area contributed by atoms with Crippen LogP contribution in [0.1, 0.15) is 44.1 Å². The van der Waals surface area contributed by atoms with Crippen LogP contribution >= 0.6 is 0 Å². The fraction of sp³-hybridized carbons (Fsp3) is 0.474. The lowest BCUT2D eigenvalue weighted by molar-refractivity contribution is -0.149. The Kier molecular flexibility index (Phi) is 4.90. The van der Waals surface area contributed by atoms with Crippen molar-refractivity contribution in [2.24, 2.45) is 0 Å². The number of carbonyl (C=O) groups is 1. The smallest absolute Gasteiger partial charge is 0.325 e. The van der Waals surface area contributed by atoms with Crippen LogP contribution in [0.15, 0.2) is 24.3 Å². The minimum atomic E-state index is -0.777. The fourth-order valence-electron chi connectivity index (χ4n) is 3.14. The van der Waals surface area contributed by atoms with E-state index >= 15 is 0 Å². The first kappa shape index (κ1) is 17.6. The van der Waals surface area contributed by atoms with Crippen molar-refractivity contribution in [3.05, 3.63) is 47.0 Å². The molecule has 5 nitrogen and oxygen atoms in total. The Hall–Kier alpha value is -2.21. The van der Waals surface area contributed by atoms with E-state index in [2.05, 4.69) is 5.32 Å². The number of halogens is 1. The topological polar surface area (TPSA) is 56.1 Å². The van der Waals surface area contributed by atoms with Crippen molar-refractivity contribution < 1.29 is 13.9 Å². The second kappa shape index (κ2) is 6.96. The average molecular weight is 345 g/mol. The van der Waals surface area contributed by atoms with Crippen molar-refractivity contribution in [2.75, 3.05) is 6.61 Å². The number of esters is 1. The van der Waals surface area contributed by atoms with Crippen LogP contribution in [0.2, 0.25) is 0 Å². The van der Waals surface area contributed by atoms with Gasteiger partial charge in [0.15, 0.2) is 0 Å². The van der Waals surface area contributed by atoms with Gasteiger partial charge in [-0.1, -0.05) is 0 Å². The number of carbonyl (C=O) groups excluding carboxylic acids is 1. The maximum Gasteiger partial charge on any atom is 0.325 e. The van der Waals surface area contributed by atoms with Crippen molar-refractivity contribution in [1.29, 1.82) is 0 Å². The summed E-state index contributed by atoms with van der Waals surface area (Å²) in [5, 5.41) is 7.97. The third-order valence-corrected chi connectivity index (χ3v) is 4.57. The molecule has 1 aromatic heterocycles. The summed E-state index contributed by atoms with van der Waals surface area (Å²) in [5.74, 6) is -0.532. The number of hydrogen-bond acceptors (Lipinski definition) is 4. The van der Waals surface area contributed by atoms with Crippen LogP contribution in [0.3, 0.4) is 0 Å². The molecular weight excluding hydrogens is 321 g/mol. The summed E-state index contributed by atoms with van der Waals surface area (Å²) in [6, 6.07) is 6.36. The van der Waals surface area contributed by atoms with Crippen LogP contribution in [-0.4, -0.2) is 27.9 Å². The zero-order valence-corrected chi connectivity index (χ0v) is 14.9. The second-order valence-electron chi connectivity index (χ2n) is 6.81. The largest absolute Gasteiger partial charge is 0.465 e. The number of benzene rings is 1. The van der Waals surface area contributed by atoms with Crippen molar-refractivity contribution in [3.8, 4) is 5.69 Å². The number of nitrogens with one attached hydrogen (secondary N) is 1. The van der Waals surface area contributed by atoms with Crippen molar-refractivity contribution in [2.45, 2.75) is 52.1 Å². The summed E-state index contributed by atoms with van der Waals surface area (Å²) in [4.78, 5) is 12.0. The fourth-order valence-corrected chi connectivity index (χ4v) is 3.14. The molecule has 0 bridgehead atoms. The standard InChI is InChI=1S/C19H24FN3O2/c1-4-25-18(24)19(2,3)21-12-16-15-6-5-7-17(15)23(22-16)14-10-8-13(20)9-11-14/h8-11,21H,4-7,12H2,1-3H3. The van der Waals surface area contributed by atoms with Crippen LogP contribution in [0.5, 0.6) is 0 Å². The van der Waals surface area contributed by atoms with Gasteiger partial charge in [-0.3, -0.25) is 10.1 Å². The summed E-state index contributed by atoms with van der Waals surface area (Å²) in [6.45, 7) is 6.26.